The molecule has 1 aromatic heterocycles. The number of fused-ring (bicyclic) bond motifs is 1. The molecule has 2 N–H and O–H groups in total. The number of aliphatic imine (C=N–C) groups is 1. The van der Waals surface area contributed by atoms with Gasteiger partial charge in [-0.3, -0.25) is 0 Å². The maximum absolute atomic E-state index is 5.92. The number of aryl methyl sites for hydroxylation is 1. The van der Waals surface area contributed by atoms with E-state index in [1.807, 2.05) is 31.2 Å². The summed E-state index contributed by atoms with van der Waals surface area (Å²) in [6, 6.07) is 7.66. The molecule has 0 spiro atoms. The number of para-hydroxylation sites is 2. The Morgan fingerprint density at radius 3 is 2.88 bits per heavy atom. The third kappa shape index (κ3) is 4.15. The highest BCUT2D eigenvalue weighted by Crippen LogP contribution is 2.30. The van der Waals surface area contributed by atoms with Crippen LogP contribution < -0.4 is 20.1 Å². The minimum Gasteiger partial charge on any atom is -0.486 e. The summed E-state index contributed by atoms with van der Waals surface area (Å²) in [7, 11) is 0. The highest BCUT2D eigenvalue weighted by atomic mass is 16.6. The van der Waals surface area contributed by atoms with E-state index < -0.39 is 0 Å². The summed E-state index contributed by atoms with van der Waals surface area (Å²) in [4.78, 5) is 8.57. The molecular weight excluding hydrogens is 310 g/mol. The number of hydrogen-bond donors (Lipinski definition) is 2. The fraction of sp³-hybridized carbons (Fsp3) is 0.438. The number of hydrogen-bond acceptors (Lipinski definition) is 6. The van der Waals surface area contributed by atoms with Crippen molar-refractivity contribution in [2.24, 2.45) is 4.99 Å². The molecule has 24 heavy (non-hydrogen) atoms. The highest BCUT2D eigenvalue weighted by Gasteiger charge is 2.20. The van der Waals surface area contributed by atoms with E-state index in [9.17, 15) is 0 Å². The van der Waals surface area contributed by atoms with Crippen LogP contribution in [0, 0.1) is 6.92 Å². The van der Waals surface area contributed by atoms with E-state index in [-0.39, 0.29) is 6.10 Å². The Kier molecular flexibility index (Phi) is 5.15. The molecule has 0 amide bonds. The molecule has 1 aromatic carbocycles. The molecule has 0 radical (unpaired) electrons. The topological polar surface area (TPSA) is 93.8 Å². The zero-order chi connectivity index (χ0) is 16.8. The van der Waals surface area contributed by atoms with E-state index in [1.54, 1.807) is 6.92 Å². The lowest BCUT2D eigenvalue weighted by atomic mass is 10.2. The lowest BCUT2D eigenvalue weighted by Crippen LogP contribution is -2.45. The van der Waals surface area contributed by atoms with E-state index >= 15 is 0 Å². The number of aromatic nitrogens is 2. The second-order valence-corrected chi connectivity index (χ2v) is 5.30. The predicted molar refractivity (Wildman–Crippen MR) is 88.2 cm³/mol. The largest absolute Gasteiger partial charge is 0.486 e. The van der Waals surface area contributed by atoms with Gasteiger partial charge in [0.1, 0.15) is 19.3 Å². The average Bonchev–Trinajstić information content (AvgIpc) is 3.02. The van der Waals surface area contributed by atoms with Crippen molar-refractivity contribution in [1.29, 1.82) is 0 Å². The van der Waals surface area contributed by atoms with E-state index in [0.717, 1.165) is 18.0 Å². The maximum Gasteiger partial charge on any atom is 0.223 e. The number of nitrogens with zero attached hydrogens (tertiary/aromatic N) is 3. The van der Waals surface area contributed by atoms with Crippen molar-refractivity contribution < 1.29 is 14.0 Å². The van der Waals surface area contributed by atoms with Gasteiger partial charge in [-0.2, -0.15) is 4.98 Å². The van der Waals surface area contributed by atoms with Crippen LogP contribution in [0.2, 0.25) is 0 Å². The number of nitrogens with one attached hydrogen (secondary N) is 2. The number of guanidine groups is 1. The third-order valence-electron chi connectivity index (χ3n) is 3.36. The van der Waals surface area contributed by atoms with Crippen LogP contribution in [0.4, 0.5) is 0 Å². The van der Waals surface area contributed by atoms with Crippen LogP contribution in [-0.2, 0) is 6.54 Å². The van der Waals surface area contributed by atoms with E-state index in [4.69, 9.17) is 14.0 Å². The molecule has 1 aliphatic heterocycles. The molecule has 8 heteroatoms. The van der Waals surface area contributed by atoms with Gasteiger partial charge in [-0.05, 0) is 19.1 Å². The van der Waals surface area contributed by atoms with E-state index in [1.165, 1.54) is 0 Å². The van der Waals surface area contributed by atoms with Crippen LogP contribution in [-0.4, -0.2) is 41.9 Å². The van der Waals surface area contributed by atoms with Gasteiger partial charge in [0.2, 0.25) is 5.89 Å². The van der Waals surface area contributed by atoms with Gasteiger partial charge >= 0.3 is 0 Å². The quantitative estimate of drug-likeness (QED) is 0.629. The zero-order valence-corrected chi connectivity index (χ0v) is 13.8. The smallest absolute Gasteiger partial charge is 0.223 e. The van der Waals surface area contributed by atoms with Crippen molar-refractivity contribution in [1.82, 2.24) is 20.8 Å². The molecule has 1 aliphatic rings. The Morgan fingerprint density at radius 1 is 1.29 bits per heavy atom. The Hall–Kier alpha value is -2.77. The molecule has 128 valence electrons. The molecule has 3 rings (SSSR count). The Bertz CT molecular complexity index is 701. The zero-order valence-electron chi connectivity index (χ0n) is 13.8. The molecule has 0 saturated heterocycles. The van der Waals surface area contributed by atoms with Crippen LogP contribution in [0.5, 0.6) is 11.5 Å². The lowest BCUT2D eigenvalue weighted by molar-refractivity contribution is 0.0936. The van der Waals surface area contributed by atoms with Gasteiger partial charge in [0, 0.05) is 13.5 Å². The van der Waals surface area contributed by atoms with Crippen molar-refractivity contribution >= 4 is 5.96 Å². The highest BCUT2D eigenvalue weighted by molar-refractivity contribution is 5.79. The number of ether oxygens (including phenoxy) is 2. The first-order chi connectivity index (χ1) is 11.7. The second-order valence-electron chi connectivity index (χ2n) is 5.30. The summed E-state index contributed by atoms with van der Waals surface area (Å²) in [5.41, 5.74) is 0. The Balaban J connectivity index is 1.54. The summed E-state index contributed by atoms with van der Waals surface area (Å²) in [6.07, 6.45) is -0.0869. The summed E-state index contributed by atoms with van der Waals surface area (Å²) >= 11 is 0. The first-order valence-electron chi connectivity index (χ1n) is 7.94. The summed E-state index contributed by atoms with van der Waals surface area (Å²) < 4.78 is 16.6. The average molecular weight is 331 g/mol. The molecule has 2 heterocycles. The summed E-state index contributed by atoms with van der Waals surface area (Å²) in [5.74, 6) is 3.30. The first-order valence-corrected chi connectivity index (χ1v) is 7.94. The van der Waals surface area contributed by atoms with Crippen molar-refractivity contribution in [3.8, 4) is 11.5 Å². The monoisotopic (exact) mass is 331 g/mol. The maximum atomic E-state index is 5.92. The molecule has 1 unspecified atom stereocenters. The third-order valence-corrected chi connectivity index (χ3v) is 3.36. The summed E-state index contributed by atoms with van der Waals surface area (Å²) in [5, 5.41) is 10.3. The molecule has 2 aromatic rings. The van der Waals surface area contributed by atoms with Crippen molar-refractivity contribution in [2.45, 2.75) is 26.5 Å². The number of benzene rings is 1. The van der Waals surface area contributed by atoms with Gasteiger partial charge in [-0.15, -0.1) is 0 Å². The van der Waals surface area contributed by atoms with Crippen LogP contribution in [0.3, 0.4) is 0 Å². The van der Waals surface area contributed by atoms with Gasteiger partial charge in [-0.1, -0.05) is 17.3 Å². The molecule has 0 fully saturated rings. The fourth-order valence-corrected chi connectivity index (χ4v) is 2.27. The minimum absolute atomic E-state index is 0.0869. The van der Waals surface area contributed by atoms with Gasteiger partial charge in [0.25, 0.3) is 0 Å². The Labute approximate surface area is 140 Å². The van der Waals surface area contributed by atoms with E-state index in [0.29, 0.717) is 37.4 Å². The standard InChI is InChI=1S/C16H21N5O3/c1-3-17-16(19-9-15-20-11(2)24-21-15)18-8-12-10-22-13-6-4-5-7-14(13)23-12/h4-7,12H,3,8-10H2,1-2H3,(H2,17,18,19). The lowest BCUT2D eigenvalue weighted by Gasteiger charge is -2.27. The first kappa shape index (κ1) is 16.1. The molecule has 0 aliphatic carbocycles. The Morgan fingerprint density at radius 2 is 2.12 bits per heavy atom. The van der Waals surface area contributed by atoms with Crippen LogP contribution in [0.1, 0.15) is 18.6 Å². The fourth-order valence-electron chi connectivity index (χ4n) is 2.27. The SMILES string of the molecule is CCNC(=NCc1noc(C)n1)NCC1COc2ccccc2O1. The van der Waals surface area contributed by atoms with Gasteiger partial charge in [0.05, 0.1) is 6.54 Å². The van der Waals surface area contributed by atoms with Gasteiger partial charge < -0.3 is 24.6 Å². The van der Waals surface area contributed by atoms with Crippen LogP contribution in [0.15, 0.2) is 33.8 Å². The minimum atomic E-state index is -0.0869. The number of rotatable bonds is 5. The summed E-state index contributed by atoms with van der Waals surface area (Å²) in [6.45, 7) is 5.92. The van der Waals surface area contributed by atoms with Crippen molar-refractivity contribution in [2.75, 3.05) is 19.7 Å². The molecule has 8 nitrogen and oxygen atoms in total. The molecule has 1 atom stereocenters. The molecule has 0 bridgehead atoms. The van der Waals surface area contributed by atoms with Crippen molar-refractivity contribution in [3.05, 3.63) is 36.0 Å². The predicted octanol–water partition coefficient (Wildman–Crippen LogP) is 1.27. The van der Waals surface area contributed by atoms with E-state index in [2.05, 4.69) is 25.8 Å². The van der Waals surface area contributed by atoms with Crippen molar-refractivity contribution in [3.63, 3.8) is 0 Å². The van der Waals surface area contributed by atoms with Gasteiger partial charge in [0.15, 0.2) is 23.3 Å². The second kappa shape index (κ2) is 7.67. The molecule has 0 saturated carbocycles. The normalized spacial score (nSPS) is 16.8. The van der Waals surface area contributed by atoms with Crippen LogP contribution >= 0.6 is 0 Å². The van der Waals surface area contributed by atoms with Gasteiger partial charge in [-0.25, -0.2) is 4.99 Å². The molecular formula is C16H21N5O3. The van der Waals surface area contributed by atoms with Crippen LogP contribution in [0.25, 0.3) is 0 Å².